The monoisotopic (exact) mass is 251 g/mol. The molecule has 0 saturated carbocycles. The minimum Gasteiger partial charge on any atom is -0.316 e. The summed E-state index contributed by atoms with van der Waals surface area (Å²) in [6, 6.07) is 8.34. The fourth-order valence-electron chi connectivity index (χ4n) is 3.04. The van der Waals surface area contributed by atoms with E-state index in [-0.39, 0.29) is 0 Å². The van der Waals surface area contributed by atoms with E-state index in [1.54, 1.807) is 0 Å². The Kier molecular flexibility index (Phi) is 4.11. The first-order valence-electron chi connectivity index (χ1n) is 6.59. The van der Waals surface area contributed by atoms with Crippen molar-refractivity contribution in [2.75, 3.05) is 13.1 Å². The van der Waals surface area contributed by atoms with Crippen molar-refractivity contribution < 1.29 is 0 Å². The van der Waals surface area contributed by atoms with Gasteiger partial charge in [-0.05, 0) is 55.0 Å². The highest BCUT2D eigenvalue weighted by atomic mass is 35.5. The summed E-state index contributed by atoms with van der Waals surface area (Å²) in [5.41, 5.74) is 1.85. The lowest BCUT2D eigenvalue weighted by Crippen LogP contribution is -2.44. The molecule has 1 N–H and O–H groups in total. The van der Waals surface area contributed by atoms with Crippen molar-refractivity contribution in [2.24, 2.45) is 11.3 Å². The third kappa shape index (κ3) is 3.02. The number of halogens is 1. The van der Waals surface area contributed by atoms with Crippen molar-refractivity contribution in [3.05, 3.63) is 34.9 Å². The minimum absolute atomic E-state index is 0.438. The second-order valence-corrected chi connectivity index (χ2v) is 5.95. The third-order valence-corrected chi connectivity index (χ3v) is 4.52. The zero-order valence-electron chi connectivity index (χ0n) is 10.8. The van der Waals surface area contributed by atoms with Gasteiger partial charge in [-0.2, -0.15) is 0 Å². The Hall–Kier alpha value is -0.530. The average molecular weight is 252 g/mol. The molecular weight excluding hydrogens is 230 g/mol. The third-order valence-electron chi connectivity index (χ3n) is 4.26. The molecule has 1 aromatic rings. The number of rotatable bonds is 3. The van der Waals surface area contributed by atoms with Gasteiger partial charge in [-0.15, -0.1) is 0 Å². The average Bonchev–Trinajstić information content (AvgIpc) is 2.32. The van der Waals surface area contributed by atoms with Crippen molar-refractivity contribution in [1.82, 2.24) is 5.32 Å². The summed E-state index contributed by atoms with van der Waals surface area (Å²) in [5, 5.41) is 4.34. The van der Waals surface area contributed by atoms with Gasteiger partial charge >= 0.3 is 0 Å². The normalized spacial score (nSPS) is 29.2. The first kappa shape index (κ1) is 12.9. The standard InChI is InChI=1S/C15H22ClN/c1-3-13-11-17-9-8-15(13,2)10-12-4-6-14(16)7-5-12/h4-7,13,17H,3,8-11H2,1-2H3. The lowest BCUT2D eigenvalue weighted by molar-refractivity contribution is 0.126. The number of hydrogen-bond acceptors (Lipinski definition) is 1. The summed E-state index contributed by atoms with van der Waals surface area (Å²) in [7, 11) is 0. The smallest absolute Gasteiger partial charge is 0.0406 e. The van der Waals surface area contributed by atoms with E-state index in [4.69, 9.17) is 11.6 Å². The number of piperidine rings is 1. The Balaban J connectivity index is 2.11. The van der Waals surface area contributed by atoms with E-state index in [0.29, 0.717) is 5.41 Å². The van der Waals surface area contributed by atoms with Crippen LogP contribution in [0.2, 0.25) is 5.02 Å². The molecule has 2 rings (SSSR count). The van der Waals surface area contributed by atoms with E-state index >= 15 is 0 Å². The van der Waals surface area contributed by atoms with E-state index in [0.717, 1.165) is 17.5 Å². The number of benzene rings is 1. The second kappa shape index (κ2) is 5.41. The second-order valence-electron chi connectivity index (χ2n) is 5.52. The van der Waals surface area contributed by atoms with Gasteiger partial charge in [-0.1, -0.05) is 44.0 Å². The molecule has 0 aromatic heterocycles. The molecule has 1 nitrogen and oxygen atoms in total. The molecule has 0 aliphatic carbocycles. The summed E-state index contributed by atoms with van der Waals surface area (Å²) in [5.74, 6) is 0.784. The van der Waals surface area contributed by atoms with Crippen molar-refractivity contribution in [3.63, 3.8) is 0 Å². The molecule has 0 bridgehead atoms. The molecule has 0 amide bonds. The molecule has 1 aromatic carbocycles. The summed E-state index contributed by atoms with van der Waals surface area (Å²) in [6.45, 7) is 7.07. The summed E-state index contributed by atoms with van der Waals surface area (Å²) >= 11 is 5.94. The minimum atomic E-state index is 0.438. The van der Waals surface area contributed by atoms with E-state index in [1.807, 2.05) is 12.1 Å². The first-order chi connectivity index (χ1) is 8.14. The van der Waals surface area contributed by atoms with Gasteiger partial charge in [0, 0.05) is 5.02 Å². The molecule has 0 radical (unpaired) electrons. The Morgan fingerprint density at radius 2 is 2.06 bits per heavy atom. The van der Waals surface area contributed by atoms with Crippen LogP contribution in [0.1, 0.15) is 32.3 Å². The van der Waals surface area contributed by atoms with Crippen LogP contribution in [0, 0.1) is 11.3 Å². The van der Waals surface area contributed by atoms with Gasteiger partial charge < -0.3 is 5.32 Å². The molecule has 94 valence electrons. The molecule has 1 saturated heterocycles. The van der Waals surface area contributed by atoms with E-state index in [1.165, 1.54) is 31.4 Å². The van der Waals surface area contributed by atoms with E-state index in [2.05, 4.69) is 31.3 Å². The van der Waals surface area contributed by atoms with Crippen LogP contribution in [0.4, 0.5) is 0 Å². The Morgan fingerprint density at radius 3 is 2.71 bits per heavy atom. The molecule has 2 heteroatoms. The van der Waals surface area contributed by atoms with Crippen LogP contribution < -0.4 is 5.32 Å². The molecule has 2 atom stereocenters. The van der Waals surface area contributed by atoms with Gasteiger partial charge in [-0.3, -0.25) is 0 Å². The predicted molar refractivity (Wildman–Crippen MR) is 74.5 cm³/mol. The largest absolute Gasteiger partial charge is 0.316 e. The summed E-state index contributed by atoms with van der Waals surface area (Å²) < 4.78 is 0. The molecule has 1 aliphatic rings. The van der Waals surface area contributed by atoms with Gasteiger partial charge in [0.15, 0.2) is 0 Å². The fourth-order valence-corrected chi connectivity index (χ4v) is 3.17. The molecule has 0 spiro atoms. The van der Waals surface area contributed by atoms with Crippen molar-refractivity contribution >= 4 is 11.6 Å². The van der Waals surface area contributed by atoms with Gasteiger partial charge in [0.25, 0.3) is 0 Å². The maximum Gasteiger partial charge on any atom is 0.0406 e. The molecule has 2 unspecified atom stereocenters. The van der Waals surface area contributed by atoms with E-state index < -0.39 is 0 Å². The van der Waals surface area contributed by atoms with Gasteiger partial charge in [0.2, 0.25) is 0 Å². The Labute approximate surface area is 110 Å². The zero-order valence-corrected chi connectivity index (χ0v) is 11.6. The maximum absolute atomic E-state index is 5.94. The van der Waals surface area contributed by atoms with Crippen LogP contribution in [0.3, 0.4) is 0 Å². The summed E-state index contributed by atoms with van der Waals surface area (Å²) in [6.07, 6.45) is 3.70. The molecule has 1 aliphatic heterocycles. The van der Waals surface area contributed by atoms with Crippen LogP contribution in [0.15, 0.2) is 24.3 Å². The zero-order chi connectivity index (χ0) is 12.3. The van der Waals surface area contributed by atoms with Crippen LogP contribution in [0.5, 0.6) is 0 Å². The van der Waals surface area contributed by atoms with Crippen molar-refractivity contribution in [2.45, 2.75) is 33.1 Å². The molecule has 1 fully saturated rings. The molecule has 17 heavy (non-hydrogen) atoms. The highest BCUT2D eigenvalue weighted by molar-refractivity contribution is 6.30. The van der Waals surface area contributed by atoms with Gasteiger partial charge in [-0.25, -0.2) is 0 Å². The van der Waals surface area contributed by atoms with Crippen LogP contribution in [-0.4, -0.2) is 13.1 Å². The van der Waals surface area contributed by atoms with Crippen LogP contribution in [-0.2, 0) is 6.42 Å². The van der Waals surface area contributed by atoms with Gasteiger partial charge in [0.05, 0.1) is 0 Å². The first-order valence-corrected chi connectivity index (χ1v) is 6.97. The predicted octanol–water partition coefficient (Wildman–Crippen LogP) is 3.91. The number of nitrogens with one attached hydrogen (secondary N) is 1. The Morgan fingerprint density at radius 1 is 1.35 bits per heavy atom. The Bertz CT molecular complexity index is 360. The quantitative estimate of drug-likeness (QED) is 0.859. The number of hydrogen-bond donors (Lipinski definition) is 1. The molecular formula is C15H22ClN. The fraction of sp³-hybridized carbons (Fsp3) is 0.600. The SMILES string of the molecule is CCC1CNCCC1(C)Cc1ccc(Cl)cc1. The van der Waals surface area contributed by atoms with E-state index in [9.17, 15) is 0 Å². The van der Waals surface area contributed by atoms with Crippen LogP contribution in [0.25, 0.3) is 0 Å². The maximum atomic E-state index is 5.94. The summed E-state index contributed by atoms with van der Waals surface area (Å²) in [4.78, 5) is 0. The van der Waals surface area contributed by atoms with Crippen molar-refractivity contribution in [1.29, 1.82) is 0 Å². The topological polar surface area (TPSA) is 12.0 Å². The van der Waals surface area contributed by atoms with Gasteiger partial charge in [0.1, 0.15) is 0 Å². The lowest BCUT2D eigenvalue weighted by atomic mass is 9.68. The lowest BCUT2D eigenvalue weighted by Gasteiger charge is -2.42. The van der Waals surface area contributed by atoms with Crippen LogP contribution >= 0.6 is 11.6 Å². The van der Waals surface area contributed by atoms with Crippen molar-refractivity contribution in [3.8, 4) is 0 Å². The highest BCUT2D eigenvalue weighted by Crippen LogP contribution is 2.38. The molecule has 1 heterocycles. The highest BCUT2D eigenvalue weighted by Gasteiger charge is 2.35.